The van der Waals surface area contributed by atoms with E-state index in [-0.39, 0.29) is 24.6 Å². The maximum atomic E-state index is 13.4. The summed E-state index contributed by atoms with van der Waals surface area (Å²) in [5.41, 5.74) is 2.13. The van der Waals surface area contributed by atoms with Crippen LogP contribution in [0.3, 0.4) is 0 Å². The highest BCUT2D eigenvalue weighted by molar-refractivity contribution is 5.93. The topological polar surface area (TPSA) is 97.6 Å². The van der Waals surface area contributed by atoms with Crippen molar-refractivity contribution >= 4 is 23.0 Å². The first-order valence-electron chi connectivity index (χ1n) is 12.1. The van der Waals surface area contributed by atoms with Crippen molar-refractivity contribution in [3.05, 3.63) is 100 Å². The first-order chi connectivity index (χ1) is 18.0. The standard InChI is InChI=1S/C28H27N5O4/c1-37-22-11-9-20(10-12-22)18-24(34)31-14-16-32(17-15-31)27(35)25-28(36)33(19-21-6-3-2-4-7-21)26-23(30-25)8-5-13-29-26/h2-13H,14-19H2,1H3. The molecule has 5 rings (SSSR count). The molecule has 3 heterocycles. The lowest BCUT2D eigenvalue weighted by Crippen LogP contribution is -2.52. The summed E-state index contributed by atoms with van der Waals surface area (Å²) in [5, 5.41) is 0. The third kappa shape index (κ3) is 5.20. The number of carbonyl (C=O) groups is 2. The molecule has 1 fully saturated rings. The van der Waals surface area contributed by atoms with Gasteiger partial charge in [-0.3, -0.25) is 19.0 Å². The first-order valence-corrected chi connectivity index (χ1v) is 12.1. The highest BCUT2D eigenvalue weighted by atomic mass is 16.5. The fourth-order valence-electron chi connectivity index (χ4n) is 4.47. The molecule has 1 aliphatic rings. The largest absolute Gasteiger partial charge is 0.497 e. The van der Waals surface area contributed by atoms with Crippen LogP contribution in [-0.4, -0.2) is 69.4 Å². The van der Waals surface area contributed by atoms with Gasteiger partial charge < -0.3 is 14.5 Å². The molecule has 37 heavy (non-hydrogen) atoms. The molecular weight excluding hydrogens is 470 g/mol. The van der Waals surface area contributed by atoms with Crippen LogP contribution in [0, 0.1) is 0 Å². The highest BCUT2D eigenvalue weighted by Crippen LogP contribution is 2.15. The number of pyridine rings is 1. The second kappa shape index (κ2) is 10.6. The molecule has 188 valence electrons. The van der Waals surface area contributed by atoms with Crippen LogP contribution in [-0.2, 0) is 17.8 Å². The number of fused-ring (bicyclic) bond motifs is 1. The van der Waals surface area contributed by atoms with Crippen molar-refractivity contribution < 1.29 is 14.3 Å². The lowest BCUT2D eigenvalue weighted by Gasteiger charge is -2.34. The van der Waals surface area contributed by atoms with E-state index in [0.29, 0.717) is 37.3 Å². The molecule has 9 nitrogen and oxygen atoms in total. The van der Waals surface area contributed by atoms with Crippen LogP contribution in [0.4, 0.5) is 0 Å². The Balaban J connectivity index is 1.31. The highest BCUT2D eigenvalue weighted by Gasteiger charge is 2.28. The zero-order valence-electron chi connectivity index (χ0n) is 20.5. The lowest BCUT2D eigenvalue weighted by molar-refractivity contribution is -0.131. The van der Waals surface area contributed by atoms with Crippen LogP contribution < -0.4 is 10.3 Å². The predicted molar refractivity (Wildman–Crippen MR) is 139 cm³/mol. The fraction of sp³-hybridized carbons (Fsp3) is 0.250. The van der Waals surface area contributed by atoms with Gasteiger partial charge in [-0.05, 0) is 35.4 Å². The number of carbonyl (C=O) groups excluding carboxylic acids is 2. The van der Waals surface area contributed by atoms with Crippen molar-refractivity contribution in [2.75, 3.05) is 33.3 Å². The molecule has 0 N–H and O–H groups in total. The Morgan fingerprint density at radius 1 is 0.865 bits per heavy atom. The number of hydrogen-bond acceptors (Lipinski definition) is 6. The molecule has 1 aliphatic heterocycles. The van der Waals surface area contributed by atoms with Crippen molar-refractivity contribution in [3.63, 3.8) is 0 Å². The van der Waals surface area contributed by atoms with Crippen LogP contribution >= 0.6 is 0 Å². The van der Waals surface area contributed by atoms with E-state index in [0.717, 1.165) is 16.9 Å². The number of piperazine rings is 1. The van der Waals surface area contributed by atoms with Crippen LogP contribution in [0.15, 0.2) is 77.7 Å². The Bertz CT molecular complexity index is 1480. The van der Waals surface area contributed by atoms with Gasteiger partial charge in [0.15, 0.2) is 11.3 Å². The minimum absolute atomic E-state index is 0.00242. The predicted octanol–water partition coefficient (Wildman–Crippen LogP) is 2.38. The molecule has 0 saturated carbocycles. The van der Waals surface area contributed by atoms with E-state index in [1.165, 1.54) is 4.57 Å². The normalized spacial score (nSPS) is 13.5. The average molecular weight is 498 g/mol. The monoisotopic (exact) mass is 497 g/mol. The number of aromatic nitrogens is 3. The molecule has 2 aromatic heterocycles. The van der Waals surface area contributed by atoms with Gasteiger partial charge in [0.1, 0.15) is 11.3 Å². The number of nitrogens with zero attached hydrogens (tertiary/aromatic N) is 5. The van der Waals surface area contributed by atoms with Crippen molar-refractivity contribution in [1.82, 2.24) is 24.3 Å². The maximum Gasteiger partial charge on any atom is 0.284 e. The maximum absolute atomic E-state index is 13.4. The zero-order valence-corrected chi connectivity index (χ0v) is 20.5. The molecule has 1 saturated heterocycles. The third-order valence-corrected chi connectivity index (χ3v) is 6.52. The van der Waals surface area contributed by atoms with Crippen molar-refractivity contribution in [1.29, 1.82) is 0 Å². The van der Waals surface area contributed by atoms with Crippen LogP contribution in [0.1, 0.15) is 21.6 Å². The summed E-state index contributed by atoms with van der Waals surface area (Å²) in [7, 11) is 1.60. The van der Waals surface area contributed by atoms with E-state index in [2.05, 4.69) is 9.97 Å². The summed E-state index contributed by atoms with van der Waals surface area (Å²) in [5.74, 6) is 0.307. The van der Waals surface area contributed by atoms with E-state index < -0.39 is 11.5 Å². The minimum atomic E-state index is -0.474. The quantitative estimate of drug-likeness (QED) is 0.406. The van der Waals surface area contributed by atoms with Gasteiger partial charge in [-0.1, -0.05) is 42.5 Å². The van der Waals surface area contributed by atoms with Gasteiger partial charge in [0.25, 0.3) is 11.5 Å². The Morgan fingerprint density at radius 3 is 2.27 bits per heavy atom. The van der Waals surface area contributed by atoms with Crippen LogP contribution in [0.2, 0.25) is 0 Å². The molecule has 2 aromatic carbocycles. The molecule has 0 spiro atoms. The average Bonchev–Trinajstić information content (AvgIpc) is 2.95. The molecule has 4 aromatic rings. The molecule has 2 amide bonds. The van der Waals surface area contributed by atoms with Gasteiger partial charge in [0.2, 0.25) is 5.91 Å². The van der Waals surface area contributed by atoms with E-state index in [9.17, 15) is 14.4 Å². The van der Waals surface area contributed by atoms with Gasteiger partial charge in [0, 0.05) is 32.4 Å². The molecular formula is C28H27N5O4. The fourth-order valence-corrected chi connectivity index (χ4v) is 4.47. The number of hydrogen-bond donors (Lipinski definition) is 0. The Kier molecular flexibility index (Phi) is 6.93. The second-order valence-electron chi connectivity index (χ2n) is 8.88. The molecule has 9 heteroatoms. The molecule has 0 unspecified atom stereocenters. The van der Waals surface area contributed by atoms with Crippen molar-refractivity contribution in [2.24, 2.45) is 0 Å². The molecule has 0 aliphatic carbocycles. The zero-order chi connectivity index (χ0) is 25.8. The summed E-state index contributed by atoms with van der Waals surface area (Å²) in [6, 6.07) is 20.4. The Hall–Kier alpha value is -4.53. The number of benzene rings is 2. The molecule has 0 radical (unpaired) electrons. The van der Waals surface area contributed by atoms with E-state index >= 15 is 0 Å². The van der Waals surface area contributed by atoms with Gasteiger partial charge in [0.05, 0.1) is 20.1 Å². The first kappa shape index (κ1) is 24.2. The number of methoxy groups -OCH3 is 1. The summed E-state index contributed by atoms with van der Waals surface area (Å²) in [6.07, 6.45) is 1.88. The Morgan fingerprint density at radius 2 is 1.57 bits per heavy atom. The molecule has 0 atom stereocenters. The van der Waals surface area contributed by atoms with Crippen molar-refractivity contribution in [2.45, 2.75) is 13.0 Å². The van der Waals surface area contributed by atoms with Gasteiger partial charge >= 0.3 is 0 Å². The minimum Gasteiger partial charge on any atom is -0.497 e. The van der Waals surface area contributed by atoms with Gasteiger partial charge in [-0.25, -0.2) is 9.97 Å². The van der Waals surface area contributed by atoms with Crippen molar-refractivity contribution in [3.8, 4) is 5.75 Å². The smallest absolute Gasteiger partial charge is 0.284 e. The van der Waals surface area contributed by atoms with Crippen LogP contribution in [0.5, 0.6) is 5.75 Å². The van der Waals surface area contributed by atoms with Gasteiger partial charge in [-0.15, -0.1) is 0 Å². The van der Waals surface area contributed by atoms with Gasteiger partial charge in [-0.2, -0.15) is 0 Å². The summed E-state index contributed by atoms with van der Waals surface area (Å²) in [4.78, 5) is 51.7. The number of ether oxygens (including phenoxy) is 1. The third-order valence-electron chi connectivity index (χ3n) is 6.52. The molecule has 0 bridgehead atoms. The van der Waals surface area contributed by atoms with E-state index in [1.54, 1.807) is 35.2 Å². The summed E-state index contributed by atoms with van der Waals surface area (Å²) < 4.78 is 6.66. The SMILES string of the molecule is COc1ccc(CC(=O)N2CCN(C(=O)c3nc4cccnc4n(Cc4ccccc4)c3=O)CC2)cc1. The Labute approximate surface area is 213 Å². The second-order valence-corrected chi connectivity index (χ2v) is 8.88. The van der Waals surface area contributed by atoms with Crippen LogP contribution in [0.25, 0.3) is 11.2 Å². The lowest BCUT2D eigenvalue weighted by atomic mass is 10.1. The van der Waals surface area contributed by atoms with E-state index in [4.69, 9.17) is 4.74 Å². The number of amides is 2. The number of rotatable bonds is 6. The summed E-state index contributed by atoms with van der Waals surface area (Å²) in [6.45, 7) is 1.74. The summed E-state index contributed by atoms with van der Waals surface area (Å²) >= 11 is 0. The van der Waals surface area contributed by atoms with E-state index in [1.807, 2.05) is 54.6 Å².